The van der Waals surface area contributed by atoms with Crippen LogP contribution in [0.3, 0.4) is 0 Å². The number of sulfonamides is 1. The zero-order valence-electron chi connectivity index (χ0n) is 17.6. The fourth-order valence-corrected chi connectivity index (χ4v) is 4.98. The molecule has 1 fully saturated rings. The molecule has 1 saturated heterocycles. The molecule has 0 unspecified atom stereocenters. The Morgan fingerprint density at radius 3 is 2.39 bits per heavy atom. The van der Waals surface area contributed by atoms with E-state index >= 15 is 0 Å². The van der Waals surface area contributed by atoms with Gasteiger partial charge in [-0.15, -0.1) is 0 Å². The highest BCUT2D eigenvalue weighted by Crippen LogP contribution is 2.24. The number of rotatable bonds is 6. The van der Waals surface area contributed by atoms with Crippen molar-refractivity contribution in [3.63, 3.8) is 0 Å². The first-order valence-corrected chi connectivity index (χ1v) is 12.0. The van der Waals surface area contributed by atoms with Crippen LogP contribution in [0.15, 0.2) is 96.0 Å². The summed E-state index contributed by atoms with van der Waals surface area (Å²) in [6.07, 6.45) is 1.53. The van der Waals surface area contributed by atoms with Gasteiger partial charge in [0.25, 0.3) is 15.9 Å². The van der Waals surface area contributed by atoms with E-state index < -0.39 is 10.0 Å². The summed E-state index contributed by atoms with van der Waals surface area (Å²) in [4.78, 5) is 18.7. The van der Waals surface area contributed by atoms with Gasteiger partial charge in [-0.05, 0) is 48.5 Å². The third-order valence-electron chi connectivity index (χ3n) is 5.45. The van der Waals surface area contributed by atoms with Gasteiger partial charge in [-0.1, -0.05) is 36.4 Å². The zero-order valence-corrected chi connectivity index (χ0v) is 18.4. The number of hydrogen-bond donors (Lipinski definition) is 1. The van der Waals surface area contributed by atoms with E-state index in [1.807, 2.05) is 42.5 Å². The number of aromatic nitrogens is 1. The molecule has 0 spiro atoms. The van der Waals surface area contributed by atoms with Crippen molar-refractivity contribution in [2.75, 3.05) is 17.8 Å². The Labute approximate surface area is 191 Å². The van der Waals surface area contributed by atoms with Crippen LogP contribution >= 0.6 is 0 Å². The fourth-order valence-electron chi connectivity index (χ4n) is 3.74. The van der Waals surface area contributed by atoms with Crippen LogP contribution in [0.25, 0.3) is 10.9 Å². The number of carbonyl (C=O) groups is 1. The standard InChI is InChI=1S/C25H21N3O4S/c29-25(28-16-22(17-28)32-21-8-2-1-3-9-21)19-11-13-20(14-12-19)27-33(30,31)23-10-4-6-18-7-5-15-26-24(18)23/h1-15,22,27H,16-17H2. The van der Waals surface area contributed by atoms with Crippen molar-refractivity contribution in [2.24, 2.45) is 0 Å². The minimum absolute atomic E-state index is 0.0308. The summed E-state index contributed by atoms with van der Waals surface area (Å²) in [6, 6.07) is 24.5. The monoisotopic (exact) mass is 459 g/mol. The van der Waals surface area contributed by atoms with Crippen LogP contribution in [0.2, 0.25) is 0 Å². The van der Waals surface area contributed by atoms with Gasteiger partial charge in [0.1, 0.15) is 16.7 Å². The van der Waals surface area contributed by atoms with E-state index in [9.17, 15) is 13.2 Å². The minimum atomic E-state index is -3.84. The average Bonchev–Trinajstić information content (AvgIpc) is 2.81. The molecule has 2 heterocycles. The molecule has 0 aliphatic carbocycles. The topological polar surface area (TPSA) is 88.6 Å². The Morgan fingerprint density at radius 1 is 0.909 bits per heavy atom. The van der Waals surface area contributed by atoms with Crippen LogP contribution in [-0.4, -0.2) is 43.4 Å². The molecule has 1 N–H and O–H groups in total. The second-order valence-corrected chi connectivity index (χ2v) is 9.43. The molecule has 0 bridgehead atoms. The predicted octanol–water partition coefficient (Wildman–Crippen LogP) is 3.94. The lowest BCUT2D eigenvalue weighted by Crippen LogP contribution is -2.56. The van der Waals surface area contributed by atoms with Gasteiger partial charge in [0.05, 0.1) is 18.6 Å². The lowest BCUT2D eigenvalue weighted by molar-refractivity contribution is 0.0178. The van der Waals surface area contributed by atoms with Gasteiger partial charge < -0.3 is 9.64 Å². The van der Waals surface area contributed by atoms with Crippen LogP contribution in [-0.2, 0) is 10.0 Å². The van der Waals surface area contributed by atoms with Gasteiger partial charge in [-0.2, -0.15) is 0 Å². The summed E-state index contributed by atoms with van der Waals surface area (Å²) < 4.78 is 34.3. The van der Waals surface area contributed by atoms with Crippen LogP contribution in [0.5, 0.6) is 5.75 Å². The summed E-state index contributed by atoms with van der Waals surface area (Å²) >= 11 is 0. The summed E-state index contributed by atoms with van der Waals surface area (Å²) in [7, 11) is -3.84. The molecular weight excluding hydrogens is 438 g/mol. The van der Waals surface area contributed by atoms with E-state index in [1.54, 1.807) is 47.5 Å². The number of nitrogens with one attached hydrogen (secondary N) is 1. The van der Waals surface area contributed by atoms with Gasteiger partial charge in [0.15, 0.2) is 0 Å². The van der Waals surface area contributed by atoms with Crippen molar-refractivity contribution < 1.29 is 17.9 Å². The summed E-state index contributed by atoms with van der Waals surface area (Å²) in [5.74, 6) is 0.670. The molecule has 33 heavy (non-hydrogen) atoms. The highest BCUT2D eigenvalue weighted by atomic mass is 32.2. The molecule has 0 saturated carbocycles. The smallest absolute Gasteiger partial charge is 0.264 e. The molecule has 3 aromatic carbocycles. The number of benzene rings is 3. The second kappa shape index (κ2) is 8.55. The van der Waals surface area contributed by atoms with Crippen LogP contribution in [0, 0.1) is 0 Å². The SMILES string of the molecule is O=C(c1ccc(NS(=O)(=O)c2cccc3cccnc23)cc1)N1CC(Oc2ccccc2)C1. The summed E-state index contributed by atoms with van der Waals surface area (Å²) in [5, 5.41) is 0.741. The number of para-hydroxylation sites is 2. The van der Waals surface area contributed by atoms with E-state index in [1.165, 1.54) is 6.07 Å². The number of fused-ring (bicyclic) bond motifs is 1. The molecule has 0 radical (unpaired) electrons. The number of amides is 1. The largest absolute Gasteiger partial charge is 0.487 e. The first-order chi connectivity index (χ1) is 16.0. The number of hydrogen-bond acceptors (Lipinski definition) is 5. The first-order valence-electron chi connectivity index (χ1n) is 10.5. The van der Waals surface area contributed by atoms with Crippen molar-refractivity contribution in [2.45, 2.75) is 11.0 Å². The first kappa shape index (κ1) is 21.0. The molecule has 4 aromatic rings. The van der Waals surface area contributed by atoms with Gasteiger partial charge in [-0.25, -0.2) is 8.42 Å². The minimum Gasteiger partial charge on any atom is -0.487 e. The maximum atomic E-state index is 12.9. The zero-order chi connectivity index (χ0) is 22.8. The van der Waals surface area contributed by atoms with Crippen molar-refractivity contribution in [1.29, 1.82) is 0 Å². The van der Waals surface area contributed by atoms with E-state index in [-0.39, 0.29) is 16.9 Å². The van der Waals surface area contributed by atoms with Crippen LogP contribution in [0.4, 0.5) is 5.69 Å². The maximum absolute atomic E-state index is 12.9. The number of likely N-dealkylation sites (tertiary alicyclic amines) is 1. The second-order valence-electron chi connectivity index (χ2n) is 7.78. The molecule has 0 atom stereocenters. The Hall–Kier alpha value is -3.91. The van der Waals surface area contributed by atoms with Crippen molar-refractivity contribution >= 4 is 32.5 Å². The van der Waals surface area contributed by atoms with E-state index in [0.717, 1.165) is 11.1 Å². The molecule has 166 valence electrons. The number of pyridine rings is 1. The van der Waals surface area contributed by atoms with Gasteiger partial charge in [0, 0.05) is 22.8 Å². The van der Waals surface area contributed by atoms with Crippen LogP contribution in [0.1, 0.15) is 10.4 Å². The number of carbonyl (C=O) groups excluding carboxylic acids is 1. The highest BCUT2D eigenvalue weighted by Gasteiger charge is 2.32. The predicted molar refractivity (Wildman–Crippen MR) is 126 cm³/mol. The normalized spacial score (nSPS) is 14.0. The molecule has 8 heteroatoms. The highest BCUT2D eigenvalue weighted by molar-refractivity contribution is 7.93. The maximum Gasteiger partial charge on any atom is 0.264 e. The van der Waals surface area contributed by atoms with Crippen LogP contribution < -0.4 is 9.46 Å². The Kier molecular flexibility index (Phi) is 5.43. The molecule has 1 aliphatic heterocycles. The van der Waals surface area contributed by atoms with Crippen molar-refractivity contribution in [3.8, 4) is 5.75 Å². The van der Waals surface area contributed by atoms with Crippen molar-refractivity contribution in [3.05, 3.63) is 96.7 Å². The van der Waals surface area contributed by atoms with Crippen molar-refractivity contribution in [1.82, 2.24) is 9.88 Å². The molecule has 5 rings (SSSR count). The Bertz CT molecular complexity index is 1400. The Morgan fingerprint density at radius 2 is 1.64 bits per heavy atom. The van der Waals surface area contributed by atoms with E-state index in [2.05, 4.69) is 9.71 Å². The quantitative estimate of drug-likeness (QED) is 0.472. The van der Waals surface area contributed by atoms with Gasteiger partial charge in [0.2, 0.25) is 0 Å². The molecule has 1 aromatic heterocycles. The molecule has 1 aliphatic rings. The number of nitrogens with zero attached hydrogens (tertiary/aromatic N) is 2. The van der Waals surface area contributed by atoms with Gasteiger partial charge >= 0.3 is 0 Å². The van der Waals surface area contributed by atoms with Gasteiger partial charge in [-0.3, -0.25) is 14.5 Å². The third-order valence-corrected chi connectivity index (χ3v) is 6.86. The summed E-state index contributed by atoms with van der Waals surface area (Å²) in [5.41, 5.74) is 1.26. The fraction of sp³-hybridized carbons (Fsp3) is 0.120. The number of ether oxygens (including phenoxy) is 1. The molecular formula is C25H21N3O4S. The lowest BCUT2D eigenvalue weighted by atomic mass is 10.1. The number of anilines is 1. The summed E-state index contributed by atoms with van der Waals surface area (Å²) in [6.45, 7) is 1.02. The van der Waals surface area contributed by atoms with E-state index in [0.29, 0.717) is 29.9 Å². The third kappa shape index (κ3) is 4.38. The lowest BCUT2D eigenvalue weighted by Gasteiger charge is -2.39. The average molecular weight is 460 g/mol. The molecule has 7 nitrogen and oxygen atoms in total. The van der Waals surface area contributed by atoms with E-state index in [4.69, 9.17) is 4.74 Å². The molecule has 1 amide bonds. The Balaban J connectivity index is 1.24.